The zero-order valence-corrected chi connectivity index (χ0v) is 41.4. The maximum Gasteiger partial charge on any atom is 0.269 e. The fourth-order valence-electron chi connectivity index (χ4n) is 11.4. The van der Waals surface area contributed by atoms with Gasteiger partial charge in [-0.15, -0.1) is 18.3 Å². The molecule has 4 aliphatic rings. The number of allylic oxidation sites excluding steroid dienone is 1. The zero-order valence-electron chi connectivity index (χ0n) is 40.6. The lowest BCUT2D eigenvalue weighted by Crippen LogP contribution is -2.70. The van der Waals surface area contributed by atoms with Crippen LogP contribution in [-0.4, -0.2) is 75.7 Å². The third-order valence-corrected chi connectivity index (χ3v) is 15.7. The van der Waals surface area contributed by atoms with Crippen LogP contribution < -0.4 is 9.47 Å². The minimum atomic E-state index is -1.47. The number of non-ortho nitro benzene ring substituents is 1. The number of hydrogen-bond acceptors (Lipinski definition) is 11. The molecule has 1 amide bonds. The van der Waals surface area contributed by atoms with E-state index in [1.165, 1.54) is 24.3 Å². The van der Waals surface area contributed by atoms with Crippen LogP contribution in [0.5, 0.6) is 11.5 Å². The Balaban J connectivity index is 1.27. The number of benzene rings is 4. The van der Waals surface area contributed by atoms with E-state index < -0.39 is 22.7 Å². The number of thioether (sulfide) groups is 1. The summed E-state index contributed by atoms with van der Waals surface area (Å²) in [4.78, 5) is 35.6. The molecule has 1 aliphatic heterocycles. The highest BCUT2D eigenvalue weighted by Gasteiger charge is 2.65. The summed E-state index contributed by atoms with van der Waals surface area (Å²) >= 11 is 1.73. The number of oxime groups is 1. The molecule has 1 heterocycles. The van der Waals surface area contributed by atoms with Crippen LogP contribution in [0, 0.1) is 39.6 Å². The van der Waals surface area contributed by atoms with Crippen LogP contribution >= 0.6 is 11.8 Å². The molecule has 3 aliphatic carbocycles. The normalized spacial score (nSPS) is 23.0. The van der Waals surface area contributed by atoms with Crippen molar-refractivity contribution in [2.45, 2.75) is 119 Å². The Kier molecular flexibility index (Phi) is 18.4. The highest BCUT2D eigenvalue weighted by molar-refractivity contribution is 7.99. The zero-order chi connectivity index (χ0) is 49.6. The summed E-state index contributed by atoms with van der Waals surface area (Å²) in [6.45, 7) is 5.01. The quantitative estimate of drug-likeness (QED) is 0.0204. The topological polar surface area (TPSA) is 153 Å². The Labute approximate surface area is 421 Å². The van der Waals surface area contributed by atoms with Crippen LogP contribution in [0.25, 0.3) is 0 Å². The van der Waals surface area contributed by atoms with E-state index >= 15 is 4.79 Å². The summed E-state index contributed by atoms with van der Waals surface area (Å²) in [7, 11) is 0. The van der Waals surface area contributed by atoms with E-state index in [9.17, 15) is 24.7 Å². The number of aliphatic hydroxyl groups is 2. The molecular weight excluding hydrogens is 922 g/mol. The Hall–Kier alpha value is -5.54. The van der Waals surface area contributed by atoms with Gasteiger partial charge in [0.05, 0.1) is 29.8 Å². The van der Waals surface area contributed by atoms with Crippen molar-refractivity contribution < 1.29 is 43.4 Å². The van der Waals surface area contributed by atoms with Crippen LogP contribution in [0.1, 0.15) is 106 Å². The van der Waals surface area contributed by atoms with Gasteiger partial charge < -0.3 is 34.2 Å². The number of nitro benzene ring substituents is 1. The van der Waals surface area contributed by atoms with Crippen LogP contribution in [0.15, 0.2) is 131 Å². The SMILES string of the molecule is C=CCOC12Oc3ccc(OCCSc4ccccc4)cc3C3C(CCCCO)C(CCCCO)C=C(C(=NOCc4ccc([N+](=O)[O-])cc4)CC1N(Cc1ccc(F)cc1)C(=O)CCC1CCCC1)C32. The molecule has 0 saturated heterocycles. The van der Waals surface area contributed by atoms with Crippen molar-refractivity contribution >= 4 is 29.1 Å². The van der Waals surface area contributed by atoms with E-state index in [2.05, 4.69) is 30.9 Å². The fourth-order valence-corrected chi connectivity index (χ4v) is 12.2. The van der Waals surface area contributed by atoms with Gasteiger partial charge in [0.1, 0.15) is 30.0 Å². The Bertz CT molecular complexity index is 2450. The number of nitro groups is 1. The number of fused-ring (bicyclic) bond motifs is 2. The first-order valence-electron chi connectivity index (χ1n) is 25.5. The van der Waals surface area contributed by atoms with E-state index in [0.29, 0.717) is 54.6 Å². The monoisotopic (exact) mass is 989 g/mol. The van der Waals surface area contributed by atoms with Crippen molar-refractivity contribution in [3.05, 3.63) is 154 Å². The number of amides is 1. The van der Waals surface area contributed by atoms with Gasteiger partial charge >= 0.3 is 0 Å². The van der Waals surface area contributed by atoms with Crippen LogP contribution in [-0.2, 0) is 27.5 Å². The molecule has 8 rings (SSSR count). The van der Waals surface area contributed by atoms with E-state index in [4.69, 9.17) is 24.2 Å². The molecule has 2 fully saturated rings. The van der Waals surface area contributed by atoms with Gasteiger partial charge in [-0.05, 0) is 121 Å². The van der Waals surface area contributed by atoms with Gasteiger partial charge in [-0.1, -0.05) is 86.2 Å². The van der Waals surface area contributed by atoms with E-state index in [-0.39, 0.29) is 74.6 Å². The number of nitrogens with zero attached hydrogens (tertiary/aromatic N) is 3. The number of hydrogen-bond donors (Lipinski definition) is 2. The maximum absolute atomic E-state index is 15.3. The predicted octanol–water partition coefficient (Wildman–Crippen LogP) is 11.7. The van der Waals surface area contributed by atoms with Gasteiger partial charge in [0.15, 0.2) is 0 Å². The molecule has 12 nitrogen and oxygen atoms in total. The molecule has 378 valence electrons. The van der Waals surface area contributed by atoms with Gasteiger partial charge in [-0.2, -0.15) is 0 Å². The predicted molar refractivity (Wildman–Crippen MR) is 274 cm³/mol. The summed E-state index contributed by atoms with van der Waals surface area (Å²) in [6.07, 6.45) is 14.2. The number of carbonyl (C=O) groups is 1. The molecule has 4 aromatic carbocycles. The lowest BCUT2D eigenvalue weighted by molar-refractivity contribution is -0.384. The lowest BCUT2D eigenvalue weighted by atomic mass is 9.55. The average Bonchev–Trinajstić information content (AvgIpc) is 3.92. The van der Waals surface area contributed by atoms with Gasteiger partial charge in [0.25, 0.3) is 5.69 Å². The van der Waals surface area contributed by atoms with Crippen LogP contribution in [0.2, 0.25) is 0 Å². The number of aliphatic hydroxyl groups excluding tert-OH is 2. The summed E-state index contributed by atoms with van der Waals surface area (Å²) in [5.74, 6) is -0.141. The highest BCUT2D eigenvalue weighted by Crippen LogP contribution is 2.62. The maximum atomic E-state index is 15.3. The number of ether oxygens (including phenoxy) is 3. The number of halogens is 1. The van der Waals surface area contributed by atoms with Gasteiger partial charge in [-0.25, -0.2) is 4.39 Å². The average molecular weight is 990 g/mol. The second-order valence-corrected chi connectivity index (χ2v) is 20.5. The molecule has 6 unspecified atom stereocenters. The van der Waals surface area contributed by atoms with Crippen molar-refractivity contribution in [2.75, 3.05) is 32.2 Å². The third-order valence-electron chi connectivity index (χ3n) is 14.8. The van der Waals surface area contributed by atoms with E-state index in [1.54, 1.807) is 42.1 Å². The Morgan fingerprint density at radius 3 is 2.39 bits per heavy atom. The van der Waals surface area contributed by atoms with Crippen molar-refractivity contribution in [1.29, 1.82) is 0 Å². The molecule has 2 N–H and O–H groups in total. The van der Waals surface area contributed by atoms with Crippen LogP contribution in [0.3, 0.4) is 0 Å². The molecule has 0 bridgehead atoms. The summed E-state index contributed by atoms with van der Waals surface area (Å²) in [6, 6.07) is 27.9. The van der Waals surface area contributed by atoms with Gasteiger partial charge in [0.2, 0.25) is 11.7 Å². The second kappa shape index (κ2) is 25.2. The largest absolute Gasteiger partial charge is 0.493 e. The summed E-state index contributed by atoms with van der Waals surface area (Å²) < 4.78 is 35.7. The van der Waals surface area contributed by atoms with Crippen molar-refractivity contribution in [3.63, 3.8) is 0 Å². The Morgan fingerprint density at radius 1 is 0.944 bits per heavy atom. The molecule has 2 saturated carbocycles. The second-order valence-electron chi connectivity index (χ2n) is 19.3. The molecule has 0 spiro atoms. The number of carbonyl (C=O) groups excluding carboxylic acids is 1. The Morgan fingerprint density at radius 2 is 1.68 bits per heavy atom. The van der Waals surface area contributed by atoms with Gasteiger partial charge in [0, 0.05) is 66.9 Å². The fraction of sp³-hybridized carbons (Fsp3) is 0.474. The highest BCUT2D eigenvalue weighted by atomic mass is 32.2. The smallest absolute Gasteiger partial charge is 0.269 e. The molecule has 71 heavy (non-hydrogen) atoms. The molecule has 0 radical (unpaired) electrons. The van der Waals surface area contributed by atoms with Crippen molar-refractivity contribution in [3.8, 4) is 11.5 Å². The molecule has 6 atom stereocenters. The minimum absolute atomic E-state index is 0.0110. The minimum Gasteiger partial charge on any atom is -0.493 e. The van der Waals surface area contributed by atoms with Gasteiger partial charge in [-0.3, -0.25) is 14.9 Å². The molecule has 0 aromatic heterocycles. The molecule has 14 heteroatoms. The van der Waals surface area contributed by atoms with E-state index in [0.717, 1.165) is 85.1 Å². The van der Waals surface area contributed by atoms with E-state index in [1.807, 2.05) is 35.2 Å². The lowest BCUT2D eigenvalue weighted by Gasteiger charge is -2.60. The molecule has 4 aromatic rings. The molecular formula is C57H68FN3O9S. The number of rotatable bonds is 26. The first kappa shape index (κ1) is 51.8. The standard InChI is InChI=1S/C57H68FN3O9S/c1-2-32-68-57-53(60(38-41-18-23-44(58)24-19-41)54(64)29-22-40-12-6-7-13-40)37-51(59-69-39-42-20-25-45(26-21-42)61(65)66)49-35-43(14-8-10-30-62)48(17-9-11-31-63)55(56(49)57)50-36-46(27-28-52(50)70-57)67-33-34-71-47-15-4-3-5-16-47/h2-5,15-16,18-21,23-28,35-36,40,43,48,53,55-56,62-63H,1,6-14,17,22,29-34,37-39H2. The van der Waals surface area contributed by atoms with Crippen LogP contribution in [0.4, 0.5) is 10.1 Å². The first-order valence-corrected chi connectivity index (χ1v) is 26.5. The number of unbranched alkanes of at least 4 members (excludes halogenated alkanes) is 2. The first-order chi connectivity index (χ1) is 34.7. The van der Waals surface area contributed by atoms with Crippen molar-refractivity contribution in [2.24, 2.45) is 28.8 Å². The summed E-state index contributed by atoms with van der Waals surface area (Å²) in [5, 5.41) is 36.5. The van der Waals surface area contributed by atoms with Crippen molar-refractivity contribution in [1.82, 2.24) is 4.90 Å². The third kappa shape index (κ3) is 12.7. The summed E-state index contributed by atoms with van der Waals surface area (Å²) in [5.41, 5.74) is 3.90.